The second-order valence-electron chi connectivity index (χ2n) is 5.32. The van der Waals surface area contributed by atoms with E-state index in [0.717, 1.165) is 12.2 Å². The first-order valence-electron chi connectivity index (χ1n) is 7.27. The van der Waals surface area contributed by atoms with Gasteiger partial charge >= 0.3 is 5.97 Å². The molecule has 1 aromatic rings. The molecule has 0 aromatic carbocycles. The summed E-state index contributed by atoms with van der Waals surface area (Å²) >= 11 is 0. The van der Waals surface area contributed by atoms with Gasteiger partial charge in [0.15, 0.2) is 0 Å². The van der Waals surface area contributed by atoms with E-state index in [0.29, 0.717) is 39.0 Å². The maximum Gasteiger partial charge on any atom is 0.306 e. The van der Waals surface area contributed by atoms with E-state index in [1.165, 1.54) is 0 Å². The molecule has 0 radical (unpaired) electrons. The molecule has 1 aromatic heterocycles. The lowest BCUT2D eigenvalue weighted by Gasteiger charge is -2.10. The van der Waals surface area contributed by atoms with E-state index < -0.39 is 5.97 Å². The minimum atomic E-state index is -0.795. The van der Waals surface area contributed by atoms with Gasteiger partial charge in [0.1, 0.15) is 12.4 Å². The van der Waals surface area contributed by atoms with Crippen molar-refractivity contribution in [2.45, 2.75) is 32.3 Å². The fourth-order valence-corrected chi connectivity index (χ4v) is 2.54. The van der Waals surface area contributed by atoms with Crippen LogP contribution in [-0.4, -0.2) is 30.1 Å². The first-order chi connectivity index (χ1) is 10.2. The molecule has 2 unspecified atom stereocenters. The minimum absolute atomic E-state index is 0.0372. The summed E-state index contributed by atoms with van der Waals surface area (Å²) in [4.78, 5) is 22.7. The van der Waals surface area contributed by atoms with Gasteiger partial charge in [-0.15, -0.1) is 0 Å². The molecule has 1 amide bonds. The Hall–Kier alpha value is -1.82. The van der Waals surface area contributed by atoms with Crippen LogP contribution < -0.4 is 5.32 Å². The summed E-state index contributed by atoms with van der Waals surface area (Å²) in [6, 6.07) is 3.66. The van der Waals surface area contributed by atoms with Crippen LogP contribution in [0.3, 0.4) is 0 Å². The number of amides is 1. The molecule has 116 valence electrons. The standard InChI is InChI=1S/C15H21NO5/c17-14(11-4-5-12(9-11)15(18)19)16-6-2-7-20-10-13-3-1-8-21-13/h1,3,8,11-12H,2,4-7,9-10H2,(H,16,17)(H,18,19). The monoisotopic (exact) mass is 295 g/mol. The maximum atomic E-state index is 11.9. The molecule has 6 nitrogen and oxygen atoms in total. The second kappa shape index (κ2) is 7.83. The molecule has 1 fully saturated rings. The first kappa shape index (κ1) is 15.6. The van der Waals surface area contributed by atoms with Crippen LogP contribution in [0.1, 0.15) is 31.4 Å². The van der Waals surface area contributed by atoms with E-state index in [2.05, 4.69) is 5.32 Å². The fraction of sp³-hybridized carbons (Fsp3) is 0.600. The summed E-state index contributed by atoms with van der Waals surface area (Å²) in [5, 5.41) is 11.8. The average Bonchev–Trinajstić information content (AvgIpc) is 3.13. The SMILES string of the molecule is O=C(O)C1CCC(C(=O)NCCCOCc2ccco2)C1. The van der Waals surface area contributed by atoms with Crippen LogP contribution in [0.25, 0.3) is 0 Å². The molecule has 2 atom stereocenters. The molecule has 0 bridgehead atoms. The number of aliphatic carboxylic acids is 1. The van der Waals surface area contributed by atoms with Crippen LogP contribution in [0.15, 0.2) is 22.8 Å². The van der Waals surface area contributed by atoms with Crippen molar-refractivity contribution in [1.82, 2.24) is 5.32 Å². The van der Waals surface area contributed by atoms with Gasteiger partial charge in [0.2, 0.25) is 5.91 Å². The van der Waals surface area contributed by atoms with Crippen LogP contribution in [0, 0.1) is 11.8 Å². The van der Waals surface area contributed by atoms with E-state index in [-0.39, 0.29) is 17.7 Å². The molecule has 1 saturated carbocycles. The minimum Gasteiger partial charge on any atom is -0.481 e. The third-order valence-corrected chi connectivity index (χ3v) is 3.74. The quantitative estimate of drug-likeness (QED) is 0.714. The van der Waals surface area contributed by atoms with Crippen molar-refractivity contribution >= 4 is 11.9 Å². The van der Waals surface area contributed by atoms with Crippen molar-refractivity contribution in [2.75, 3.05) is 13.2 Å². The predicted molar refractivity (Wildman–Crippen MR) is 74.5 cm³/mol. The molecule has 21 heavy (non-hydrogen) atoms. The van der Waals surface area contributed by atoms with Crippen molar-refractivity contribution in [3.63, 3.8) is 0 Å². The van der Waals surface area contributed by atoms with Crippen molar-refractivity contribution in [2.24, 2.45) is 11.8 Å². The number of carbonyl (C=O) groups is 2. The highest BCUT2D eigenvalue weighted by atomic mass is 16.5. The predicted octanol–water partition coefficient (Wildman–Crippen LogP) is 1.80. The lowest BCUT2D eigenvalue weighted by molar-refractivity contribution is -0.141. The van der Waals surface area contributed by atoms with E-state index in [1.807, 2.05) is 12.1 Å². The van der Waals surface area contributed by atoms with Gasteiger partial charge in [-0.25, -0.2) is 0 Å². The fourth-order valence-electron chi connectivity index (χ4n) is 2.54. The second-order valence-corrected chi connectivity index (χ2v) is 5.32. The van der Waals surface area contributed by atoms with Crippen LogP contribution in [0.5, 0.6) is 0 Å². The number of hydrogen-bond donors (Lipinski definition) is 2. The summed E-state index contributed by atoms with van der Waals surface area (Å²) < 4.78 is 10.5. The third-order valence-electron chi connectivity index (χ3n) is 3.74. The Labute approximate surface area is 123 Å². The van der Waals surface area contributed by atoms with Crippen LogP contribution in [0.4, 0.5) is 0 Å². The molecule has 0 aliphatic heterocycles. The van der Waals surface area contributed by atoms with Gasteiger partial charge in [-0.3, -0.25) is 9.59 Å². The molecule has 2 N–H and O–H groups in total. The van der Waals surface area contributed by atoms with Crippen LogP contribution in [0.2, 0.25) is 0 Å². The zero-order valence-corrected chi connectivity index (χ0v) is 11.9. The molecule has 0 spiro atoms. The average molecular weight is 295 g/mol. The summed E-state index contributed by atoms with van der Waals surface area (Å²) in [6.07, 6.45) is 4.04. The number of furan rings is 1. The van der Waals surface area contributed by atoms with E-state index >= 15 is 0 Å². The van der Waals surface area contributed by atoms with Crippen LogP contribution in [-0.2, 0) is 20.9 Å². The largest absolute Gasteiger partial charge is 0.481 e. The van der Waals surface area contributed by atoms with Gasteiger partial charge in [0.25, 0.3) is 0 Å². The van der Waals surface area contributed by atoms with Crippen molar-refractivity contribution in [3.05, 3.63) is 24.2 Å². The van der Waals surface area contributed by atoms with Gasteiger partial charge in [-0.2, -0.15) is 0 Å². The van der Waals surface area contributed by atoms with Crippen molar-refractivity contribution in [1.29, 1.82) is 0 Å². The molecule has 2 rings (SSSR count). The molecular weight excluding hydrogens is 274 g/mol. The number of carbonyl (C=O) groups excluding carboxylic acids is 1. The van der Waals surface area contributed by atoms with E-state index in [1.54, 1.807) is 6.26 Å². The van der Waals surface area contributed by atoms with Crippen molar-refractivity contribution in [3.8, 4) is 0 Å². The maximum absolute atomic E-state index is 11.9. The highest BCUT2D eigenvalue weighted by Crippen LogP contribution is 2.30. The van der Waals surface area contributed by atoms with E-state index in [4.69, 9.17) is 14.3 Å². The summed E-state index contributed by atoms with van der Waals surface area (Å²) in [7, 11) is 0. The first-order valence-corrected chi connectivity index (χ1v) is 7.27. The summed E-state index contributed by atoms with van der Waals surface area (Å²) in [5.41, 5.74) is 0. The van der Waals surface area contributed by atoms with Crippen LogP contribution >= 0.6 is 0 Å². The lowest BCUT2D eigenvalue weighted by Crippen LogP contribution is -2.31. The molecule has 6 heteroatoms. The number of hydrogen-bond acceptors (Lipinski definition) is 4. The highest BCUT2D eigenvalue weighted by molar-refractivity contribution is 5.80. The Bertz CT molecular complexity index is 457. The third kappa shape index (κ3) is 4.90. The van der Waals surface area contributed by atoms with E-state index in [9.17, 15) is 9.59 Å². The van der Waals surface area contributed by atoms with Gasteiger partial charge in [0, 0.05) is 19.1 Å². The van der Waals surface area contributed by atoms with Gasteiger partial charge in [-0.1, -0.05) is 0 Å². The Morgan fingerprint density at radius 2 is 2.19 bits per heavy atom. The van der Waals surface area contributed by atoms with Gasteiger partial charge < -0.3 is 19.6 Å². The number of carboxylic acid groups (broad SMARTS) is 1. The zero-order valence-electron chi connectivity index (χ0n) is 11.9. The lowest BCUT2D eigenvalue weighted by atomic mass is 10.0. The Balaban J connectivity index is 1.52. The highest BCUT2D eigenvalue weighted by Gasteiger charge is 2.33. The van der Waals surface area contributed by atoms with Gasteiger partial charge in [-0.05, 0) is 37.8 Å². The molecular formula is C15H21NO5. The number of rotatable bonds is 8. The molecule has 1 heterocycles. The Morgan fingerprint density at radius 3 is 2.86 bits per heavy atom. The zero-order chi connectivity index (χ0) is 15.1. The summed E-state index contributed by atoms with van der Waals surface area (Å²) in [5.74, 6) is -0.571. The Morgan fingerprint density at radius 1 is 1.38 bits per heavy atom. The Kier molecular flexibility index (Phi) is 5.80. The van der Waals surface area contributed by atoms with Crippen molar-refractivity contribution < 1.29 is 23.8 Å². The smallest absolute Gasteiger partial charge is 0.306 e. The number of nitrogens with one attached hydrogen (secondary N) is 1. The number of carboxylic acids is 1. The van der Waals surface area contributed by atoms with Gasteiger partial charge in [0.05, 0.1) is 12.2 Å². The number of ether oxygens (including phenoxy) is 1. The summed E-state index contributed by atoms with van der Waals surface area (Å²) in [6.45, 7) is 1.53. The molecule has 0 saturated heterocycles. The molecule has 1 aliphatic carbocycles. The normalized spacial score (nSPS) is 21.3. The topological polar surface area (TPSA) is 88.8 Å². The molecule has 1 aliphatic rings.